The summed E-state index contributed by atoms with van der Waals surface area (Å²) in [5.74, 6) is -0.181. The van der Waals surface area contributed by atoms with Crippen LogP contribution in [0.15, 0.2) is 46.9 Å². The third-order valence-electron chi connectivity index (χ3n) is 2.88. The lowest BCUT2D eigenvalue weighted by Gasteiger charge is -2.04. The third-order valence-corrected chi connectivity index (χ3v) is 3.85. The van der Waals surface area contributed by atoms with Gasteiger partial charge < -0.3 is 9.73 Å². The first-order valence-electron chi connectivity index (χ1n) is 5.98. The maximum Gasteiger partial charge on any atom is 0.291 e. The molecule has 106 valence electrons. The van der Waals surface area contributed by atoms with Crippen LogP contribution in [0, 0.1) is 0 Å². The molecule has 0 radical (unpaired) electrons. The minimum absolute atomic E-state index is 0.193. The molecule has 0 aliphatic carbocycles. The number of hydrogen-bond donors (Lipinski definition) is 1. The maximum atomic E-state index is 12.2. The van der Waals surface area contributed by atoms with Crippen LogP contribution >= 0.6 is 34.8 Å². The monoisotopic (exact) mass is 339 g/mol. The van der Waals surface area contributed by atoms with Crippen LogP contribution in [0.25, 0.3) is 11.0 Å². The molecule has 0 aliphatic heterocycles. The van der Waals surface area contributed by atoms with Gasteiger partial charge in [0.1, 0.15) is 5.58 Å². The zero-order valence-corrected chi connectivity index (χ0v) is 12.8. The number of hydrogen-bond acceptors (Lipinski definition) is 2. The summed E-state index contributed by atoms with van der Waals surface area (Å²) in [5, 5.41) is 4.83. The SMILES string of the molecule is O=C(Nc1ccc(Cl)c(Cl)c1)c1cc2cc(Cl)ccc2o1. The highest BCUT2D eigenvalue weighted by Gasteiger charge is 2.13. The van der Waals surface area contributed by atoms with Gasteiger partial charge in [0, 0.05) is 16.1 Å². The van der Waals surface area contributed by atoms with Gasteiger partial charge in [-0.2, -0.15) is 0 Å². The number of nitrogens with one attached hydrogen (secondary N) is 1. The Bertz CT molecular complexity index is 842. The molecular formula is C15H8Cl3NO2. The molecular weight excluding hydrogens is 333 g/mol. The van der Waals surface area contributed by atoms with E-state index in [0.29, 0.717) is 26.3 Å². The summed E-state index contributed by atoms with van der Waals surface area (Å²) in [7, 11) is 0. The number of rotatable bonds is 2. The van der Waals surface area contributed by atoms with Gasteiger partial charge in [0.25, 0.3) is 5.91 Å². The Balaban J connectivity index is 1.87. The van der Waals surface area contributed by atoms with E-state index < -0.39 is 0 Å². The van der Waals surface area contributed by atoms with Gasteiger partial charge in [0.05, 0.1) is 10.0 Å². The van der Waals surface area contributed by atoms with Crippen LogP contribution in [-0.4, -0.2) is 5.91 Å². The van der Waals surface area contributed by atoms with Gasteiger partial charge in [-0.3, -0.25) is 4.79 Å². The summed E-state index contributed by atoms with van der Waals surface area (Å²) in [6.45, 7) is 0. The normalized spacial score (nSPS) is 10.8. The largest absolute Gasteiger partial charge is 0.451 e. The second-order valence-electron chi connectivity index (χ2n) is 4.38. The molecule has 0 atom stereocenters. The highest BCUT2D eigenvalue weighted by atomic mass is 35.5. The molecule has 1 amide bonds. The molecule has 1 N–H and O–H groups in total. The van der Waals surface area contributed by atoms with E-state index in [9.17, 15) is 4.79 Å². The van der Waals surface area contributed by atoms with Gasteiger partial charge >= 0.3 is 0 Å². The molecule has 0 aliphatic rings. The number of benzene rings is 2. The predicted octanol–water partition coefficient (Wildman–Crippen LogP) is 5.65. The first kappa shape index (κ1) is 14.3. The summed E-state index contributed by atoms with van der Waals surface area (Å²) in [5.41, 5.74) is 1.13. The molecule has 0 fully saturated rings. The lowest BCUT2D eigenvalue weighted by atomic mass is 10.2. The number of carbonyl (C=O) groups excluding carboxylic acids is 1. The lowest BCUT2D eigenvalue weighted by Crippen LogP contribution is -2.10. The molecule has 3 nitrogen and oxygen atoms in total. The Kier molecular flexibility index (Phi) is 3.81. The van der Waals surface area contributed by atoms with Crippen molar-refractivity contribution < 1.29 is 9.21 Å². The van der Waals surface area contributed by atoms with Crippen molar-refractivity contribution in [3.8, 4) is 0 Å². The average Bonchev–Trinajstić information content (AvgIpc) is 2.86. The molecule has 21 heavy (non-hydrogen) atoms. The minimum atomic E-state index is -0.374. The van der Waals surface area contributed by atoms with Crippen LogP contribution in [-0.2, 0) is 0 Å². The molecule has 2 aromatic carbocycles. The minimum Gasteiger partial charge on any atom is -0.451 e. The fourth-order valence-electron chi connectivity index (χ4n) is 1.89. The predicted molar refractivity (Wildman–Crippen MR) is 85.6 cm³/mol. The van der Waals surface area contributed by atoms with E-state index in [1.807, 2.05) is 0 Å². The Hall–Kier alpha value is -1.68. The molecule has 3 rings (SSSR count). The van der Waals surface area contributed by atoms with Crippen LogP contribution in [0.5, 0.6) is 0 Å². The Labute approximate surface area is 135 Å². The molecule has 0 saturated carbocycles. The van der Waals surface area contributed by atoms with Gasteiger partial charge in [-0.25, -0.2) is 0 Å². The number of halogens is 3. The van der Waals surface area contributed by atoms with Crippen molar-refractivity contribution in [2.24, 2.45) is 0 Å². The number of furan rings is 1. The lowest BCUT2D eigenvalue weighted by molar-refractivity contribution is 0.0998. The van der Waals surface area contributed by atoms with Gasteiger partial charge in [0.15, 0.2) is 5.76 Å². The average molecular weight is 341 g/mol. The second kappa shape index (κ2) is 5.60. The van der Waals surface area contributed by atoms with Crippen LogP contribution < -0.4 is 5.32 Å². The van der Waals surface area contributed by atoms with Crippen molar-refractivity contribution in [3.63, 3.8) is 0 Å². The van der Waals surface area contributed by atoms with Crippen molar-refractivity contribution in [1.29, 1.82) is 0 Å². The molecule has 0 bridgehead atoms. The van der Waals surface area contributed by atoms with Crippen LogP contribution in [0.3, 0.4) is 0 Å². The molecule has 1 aromatic heterocycles. The molecule has 6 heteroatoms. The summed E-state index contributed by atoms with van der Waals surface area (Å²) in [6.07, 6.45) is 0. The van der Waals surface area contributed by atoms with Crippen LogP contribution in [0.2, 0.25) is 15.1 Å². The smallest absolute Gasteiger partial charge is 0.291 e. The molecule has 0 unspecified atom stereocenters. The van der Waals surface area contributed by atoms with Crippen molar-refractivity contribution in [2.75, 3.05) is 5.32 Å². The fourth-order valence-corrected chi connectivity index (χ4v) is 2.37. The number of anilines is 1. The first-order chi connectivity index (χ1) is 10.0. The van der Waals surface area contributed by atoms with Gasteiger partial charge in [-0.1, -0.05) is 34.8 Å². The Morgan fingerprint density at radius 1 is 0.952 bits per heavy atom. The van der Waals surface area contributed by atoms with Crippen molar-refractivity contribution in [2.45, 2.75) is 0 Å². The van der Waals surface area contributed by atoms with Gasteiger partial charge in [0.2, 0.25) is 0 Å². The van der Waals surface area contributed by atoms with Gasteiger partial charge in [-0.15, -0.1) is 0 Å². The quantitative estimate of drug-likeness (QED) is 0.655. The van der Waals surface area contributed by atoms with E-state index >= 15 is 0 Å². The van der Waals surface area contributed by atoms with Crippen molar-refractivity contribution in [1.82, 2.24) is 0 Å². The van der Waals surface area contributed by atoms with Crippen LogP contribution in [0.4, 0.5) is 5.69 Å². The van der Waals surface area contributed by atoms with E-state index in [-0.39, 0.29) is 11.7 Å². The standard InChI is InChI=1S/C15H8Cl3NO2/c16-9-1-4-13-8(5-9)6-14(21-13)15(20)19-10-2-3-11(17)12(18)7-10/h1-7H,(H,19,20). The van der Waals surface area contributed by atoms with E-state index in [1.54, 1.807) is 42.5 Å². The summed E-state index contributed by atoms with van der Waals surface area (Å²) >= 11 is 17.6. The maximum absolute atomic E-state index is 12.2. The topological polar surface area (TPSA) is 42.2 Å². The van der Waals surface area contributed by atoms with E-state index in [2.05, 4.69) is 5.32 Å². The summed E-state index contributed by atoms with van der Waals surface area (Å²) < 4.78 is 5.48. The number of fused-ring (bicyclic) bond motifs is 1. The zero-order valence-electron chi connectivity index (χ0n) is 10.5. The highest BCUT2D eigenvalue weighted by Crippen LogP contribution is 2.26. The fraction of sp³-hybridized carbons (Fsp3) is 0. The van der Waals surface area contributed by atoms with E-state index in [1.165, 1.54) is 0 Å². The first-order valence-corrected chi connectivity index (χ1v) is 7.12. The Morgan fingerprint density at radius 3 is 2.52 bits per heavy atom. The third kappa shape index (κ3) is 3.00. The number of carbonyl (C=O) groups is 1. The van der Waals surface area contributed by atoms with Crippen LogP contribution in [0.1, 0.15) is 10.6 Å². The van der Waals surface area contributed by atoms with E-state index in [0.717, 1.165) is 5.39 Å². The van der Waals surface area contributed by atoms with Crippen molar-refractivity contribution in [3.05, 3.63) is 63.3 Å². The summed E-state index contributed by atoms with van der Waals surface area (Å²) in [4.78, 5) is 12.2. The molecule has 3 aromatic rings. The Morgan fingerprint density at radius 2 is 1.76 bits per heavy atom. The molecule has 0 saturated heterocycles. The number of amides is 1. The zero-order chi connectivity index (χ0) is 15.0. The highest BCUT2D eigenvalue weighted by molar-refractivity contribution is 6.42. The molecule has 0 spiro atoms. The van der Waals surface area contributed by atoms with Gasteiger partial charge in [-0.05, 0) is 42.5 Å². The summed E-state index contributed by atoms with van der Waals surface area (Å²) in [6, 6.07) is 11.6. The second-order valence-corrected chi connectivity index (χ2v) is 5.63. The van der Waals surface area contributed by atoms with E-state index in [4.69, 9.17) is 39.2 Å². The van der Waals surface area contributed by atoms with Crippen molar-refractivity contribution >= 4 is 57.4 Å². The molecule has 1 heterocycles.